The topological polar surface area (TPSA) is 64.7 Å². The molecule has 0 radical (unpaired) electrons. The molecule has 1 heterocycles. The van der Waals surface area contributed by atoms with Gasteiger partial charge in [-0.1, -0.05) is 0 Å². The highest BCUT2D eigenvalue weighted by atomic mass is 16.7. The third-order valence-corrected chi connectivity index (χ3v) is 1.75. The van der Waals surface area contributed by atoms with Gasteiger partial charge in [-0.25, -0.2) is 0 Å². The van der Waals surface area contributed by atoms with Crippen molar-refractivity contribution in [1.82, 2.24) is 0 Å². The van der Waals surface area contributed by atoms with E-state index in [2.05, 4.69) is 0 Å². The molecular formula is C7H15NO3. The maximum atomic E-state index is 9.15. The SMILES string of the molecule is CCOC1CC[C@@H](N)C(O)O1. The summed E-state index contributed by atoms with van der Waals surface area (Å²) in [6, 6.07) is -0.258. The molecule has 1 aliphatic rings. The number of hydrogen-bond acceptors (Lipinski definition) is 4. The van der Waals surface area contributed by atoms with Crippen molar-refractivity contribution in [2.24, 2.45) is 5.73 Å². The summed E-state index contributed by atoms with van der Waals surface area (Å²) in [4.78, 5) is 0. The van der Waals surface area contributed by atoms with Crippen LogP contribution >= 0.6 is 0 Å². The van der Waals surface area contributed by atoms with E-state index in [-0.39, 0.29) is 12.3 Å². The van der Waals surface area contributed by atoms with Crippen LogP contribution in [-0.2, 0) is 9.47 Å². The summed E-state index contributed by atoms with van der Waals surface area (Å²) in [5, 5.41) is 9.15. The normalized spacial score (nSPS) is 39.0. The number of rotatable bonds is 2. The third-order valence-electron chi connectivity index (χ3n) is 1.75. The maximum Gasteiger partial charge on any atom is 0.172 e. The van der Waals surface area contributed by atoms with Gasteiger partial charge in [0.25, 0.3) is 0 Å². The minimum Gasteiger partial charge on any atom is -0.367 e. The van der Waals surface area contributed by atoms with Gasteiger partial charge >= 0.3 is 0 Å². The van der Waals surface area contributed by atoms with Gasteiger partial charge in [0, 0.05) is 13.0 Å². The maximum absolute atomic E-state index is 9.15. The van der Waals surface area contributed by atoms with Crippen LogP contribution in [0.1, 0.15) is 19.8 Å². The first-order chi connectivity index (χ1) is 5.24. The monoisotopic (exact) mass is 161 g/mol. The van der Waals surface area contributed by atoms with E-state index in [0.29, 0.717) is 6.61 Å². The van der Waals surface area contributed by atoms with Gasteiger partial charge in [0.05, 0.1) is 6.04 Å². The zero-order valence-electron chi connectivity index (χ0n) is 6.69. The van der Waals surface area contributed by atoms with Gasteiger partial charge in [0.2, 0.25) is 0 Å². The second-order valence-corrected chi connectivity index (χ2v) is 2.65. The molecule has 0 spiro atoms. The van der Waals surface area contributed by atoms with Crippen molar-refractivity contribution in [3.05, 3.63) is 0 Å². The van der Waals surface area contributed by atoms with Crippen molar-refractivity contribution in [3.8, 4) is 0 Å². The van der Waals surface area contributed by atoms with Gasteiger partial charge in [0.1, 0.15) is 0 Å². The van der Waals surface area contributed by atoms with Crippen molar-refractivity contribution in [1.29, 1.82) is 0 Å². The second-order valence-electron chi connectivity index (χ2n) is 2.65. The molecule has 1 fully saturated rings. The van der Waals surface area contributed by atoms with Crippen LogP contribution in [0.15, 0.2) is 0 Å². The van der Waals surface area contributed by atoms with Gasteiger partial charge in [-0.15, -0.1) is 0 Å². The molecule has 1 aliphatic heterocycles. The van der Waals surface area contributed by atoms with E-state index in [9.17, 15) is 0 Å². The summed E-state index contributed by atoms with van der Waals surface area (Å²) < 4.78 is 10.2. The highest BCUT2D eigenvalue weighted by Gasteiger charge is 2.26. The first-order valence-electron chi connectivity index (χ1n) is 3.94. The molecule has 1 rings (SSSR count). The van der Waals surface area contributed by atoms with Crippen molar-refractivity contribution < 1.29 is 14.6 Å². The van der Waals surface area contributed by atoms with E-state index in [1.807, 2.05) is 6.92 Å². The lowest BCUT2D eigenvalue weighted by atomic mass is 10.1. The Morgan fingerprint density at radius 3 is 2.91 bits per heavy atom. The van der Waals surface area contributed by atoms with Crippen LogP contribution < -0.4 is 5.73 Å². The number of ether oxygens (including phenoxy) is 2. The zero-order chi connectivity index (χ0) is 8.27. The van der Waals surface area contributed by atoms with Gasteiger partial charge in [0.15, 0.2) is 12.6 Å². The fourth-order valence-electron chi connectivity index (χ4n) is 1.10. The Morgan fingerprint density at radius 2 is 2.36 bits per heavy atom. The number of aliphatic hydroxyl groups is 1. The van der Waals surface area contributed by atoms with Crippen LogP contribution in [0.3, 0.4) is 0 Å². The Morgan fingerprint density at radius 1 is 1.64 bits per heavy atom. The lowest BCUT2D eigenvalue weighted by molar-refractivity contribution is -0.255. The molecule has 0 amide bonds. The predicted octanol–water partition coefficient (Wildman–Crippen LogP) is -0.195. The summed E-state index contributed by atoms with van der Waals surface area (Å²) in [5.74, 6) is 0. The predicted molar refractivity (Wildman–Crippen MR) is 39.7 cm³/mol. The van der Waals surface area contributed by atoms with Crippen LogP contribution in [0.4, 0.5) is 0 Å². The Bertz CT molecular complexity index is 120. The largest absolute Gasteiger partial charge is 0.367 e. The smallest absolute Gasteiger partial charge is 0.172 e. The zero-order valence-corrected chi connectivity index (χ0v) is 6.69. The summed E-state index contributed by atoms with van der Waals surface area (Å²) >= 11 is 0. The molecule has 0 aromatic heterocycles. The summed E-state index contributed by atoms with van der Waals surface area (Å²) in [6.45, 7) is 2.50. The highest BCUT2D eigenvalue weighted by Crippen LogP contribution is 2.17. The number of nitrogens with two attached hydrogens (primary N) is 1. The third kappa shape index (κ3) is 2.41. The standard InChI is InChI=1S/C7H15NO3/c1-2-10-6-4-3-5(8)7(9)11-6/h5-7,9H,2-4,8H2,1H3/t5-,6?,7?/m1/s1. The van der Waals surface area contributed by atoms with Crippen LogP contribution in [0, 0.1) is 0 Å². The Hall–Kier alpha value is -0.160. The van der Waals surface area contributed by atoms with Crippen LogP contribution in [0.5, 0.6) is 0 Å². The van der Waals surface area contributed by atoms with E-state index in [0.717, 1.165) is 12.8 Å². The van der Waals surface area contributed by atoms with E-state index in [1.165, 1.54) is 0 Å². The molecule has 66 valence electrons. The molecule has 0 bridgehead atoms. The van der Waals surface area contributed by atoms with Crippen molar-refractivity contribution in [2.75, 3.05) is 6.61 Å². The van der Waals surface area contributed by atoms with E-state index in [1.54, 1.807) is 0 Å². The van der Waals surface area contributed by atoms with Gasteiger partial charge in [-0.3, -0.25) is 0 Å². The molecule has 0 aliphatic carbocycles. The quantitative estimate of drug-likeness (QED) is 0.589. The molecule has 3 N–H and O–H groups in total. The van der Waals surface area contributed by atoms with Crippen LogP contribution in [0.25, 0.3) is 0 Å². The van der Waals surface area contributed by atoms with Crippen molar-refractivity contribution in [2.45, 2.75) is 38.4 Å². The molecular weight excluding hydrogens is 146 g/mol. The Kier molecular flexibility index (Phi) is 3.26. The minimum atomic E-state index is -0.861. The molecule has 2 unspecified atom stereocenters. The van der Waals surface area contributed by atoms with Gasteiger partial charge in [-0.05, 0) is 13.3 Å². The molecule has 4 nitrogen and oxygen atoms in total. The average molecular weight is 161 g/mol. The molecule has 11 heavy (non-hydrogen) atoms. The highest BCUT2D eigenvalue weighted by molar-refractivity contribution is 4.70. The molecule has 3 atom stereocenters. The van der Waals surface area contributed by atoms with Crippen molar-refractivity contribution in [3.63, 3.8) is 0 Å². The molecule has 0 aromatic carbocycles. The lowest BCUT2D eigenvalue weighted by Crippen LogP contribution is -2.44. The number of aliphatic hydroxyl groups excluding tert-OH is 1. The molecule has 0 aromatic rings. The van der Waals surface area contributed by atoms with E-state index < -0.39 is 6.29 Å². The summed E-state index contributed by atoms with van der Waals surface area (Å²) in [6.07, 6.45) is 0.396. The summed E-state index contributed by atoms with van der Waals surface area (Å²) in [7, 11) is 0. The van der Waals surface area contributed by atoms with Crippen LogP contribution in [-0.4, -0.2) is 30.3 Å². The number of hydrogen-bond donors (Lipinski definition) is 2. The van der Waals surface area contributed by atoms with E-state index in [4.69, 9.17) is 20.3 Å². The lowest BCUT2D eigenvalue weighted by Gasteiger charge is -2.30. The van der Waals surface area contributed by atoms with Gasteiger partial charge < -0.3 is 20.3 Å². The Labute approximate surface area is 66.3 Å². The molecule has 0 saturated carbocycles. The van der Waals surface area contributed by atoms with E-state index >= 15 is 0 Å². The summed E-state index contributed by atoms with van der Waals surface area (Å²) in [5.41, 5.74) is 5.51. The average Bonchev–Trinajstić information content (AvgIpc) is 1.98. The second kappa shape index (κ2) is 4.01. The van der Waals surface area contributed by atoms with Crippen LogP contribution in [0.2, 0.25) is 0 Å². The molecule has 1 saturated heterocycles. The fourth-order valence-corrected chi connectivity index (χ4v) is 1.10. The fraction of sp³-hybridized carbons (Fsp3) is 1.00. The minimum absolute atomic E-state index is 0.258. The first kappa shape index (κ1) is 8.93. The Balaban J connectivity index is 2.28. The molecule has 4 heteroatoms. The van der Waals surface area contributed by atoms with Gasteiger partial charge in [-0.2, -0.15) is 0 Å². The van der Waals surface area contributed by atoms with Crippen molar-refractivity contribution >= 4 is 0 Å². The first-order valence-corrected chi connectivity index (χ1v) is 3.94.